The molecule has 1 aromatic carbocycles. The fourth-order valence-corrected chi connectivity index (χ4v) is 2.22. The highest BCUT2D eigenvalue weighted by atomic mass is 16.5. The number of aromatic nitrogens is 2. The van der Waals surface area contributed by atoms with E-state index in [1.165, 1.54) is 10.5 Å². The molecule has 5 nitrogen and oxygen atoms in total. The van der Waals surface area contributed by atoms with Crippen LogP contribution in [0.15, 0.2) is 53.5 Å². The third kappa shape index (κ3) is 2.79. The van der Waals surface area contributed by atoms with Crippen LogP contribution < -0.4 is 15.0 Å². The first-order chi connectivity index (χ1) is 10.7. The van der Waals surface area contributed by atoms with Gasteiger partial charge in [0.25, 0.3) is 5.56 Å². The number of ether oxygens (including phenoxy) is 2. The van der Waals surface area contributed by atoms with Crippen LogP contribution >= 0.6 is 0 Å². The summed E-state index contributed by atoms with van der Waals surface area (Å²) in [6, 6.07) is 12.6. The van der Waals surface area contributed by atoms with Crippen molar-refractivity contribution in [3.8, 4) is 11.5 Å². The van der Waals surface area contributed by atoms with E-state index < -0.39 is 0 Å². The van der Waals surface area contributed by atoms with E-state index >= 15 is 0 Å². The molecule has 0 fully saturated rings. The van der Waals surface area contributed by atoms with Gasteiger partial charge in [0.1, 0.15) is 12.3 Å². The zero-order valence-corrected chi connectivity index (χ0v) is 12.4. The summed E-state index contributed by atoms with van der Waals surface area (Å²) >= 11 is 0. The second-order valence-corrected chi connectivity index (χ2v) is 4.96. The van der Waals surface area contributed by atoms with E-state index in [0.29, 0.717) is 22.8 Å². The van der Waals surface area contributed by atoms with Gasteiger partial charge in [0.05, 0.1) is 12.8 Å². The maximum Gasteiger partial charge on any atom is 0.258 e. The number of nitrogens with zero attached hydrogens (tertiary/aromatic N) is 2. The van der Waals surface area contributed by atoms with Crippen molar-refractivity contribution >= 4 is 5.65 Å². The van der Waals surface area contributed by atoms with Crippen LogP contribution in [0.2, 0.25) is 0 Å². The summed E-state index contributed by atoms with van der Waals surface area (Å²) in [5.41, 5.74) is 2.13. The molecule has 0 spiro atoms. The lowest BCUT2D eigenvalue weighted by atomic mass is 10.3. The Morgan fingerprint density at radius 2 is 1.91 bits per heavy atom. The van der Waals surface area contributed by atoms with Crippen LogP contribution in [0, 0.1) is 6.92 Å². The molecule has 0 atom stereocenters. The third-order valence-corrected chi connectivity index (χ3v) is 3.32. The minimum Gasteiger partial charge on any atom is -0.493 e. The van der Waals surface area contributed by atoms with Gasteiger partial charge in [-0.05, 0) is 36.8 Å². The van der Waals surface area contributed by atoms with Crippen molar-refractivity contribution in [2.45, 2.75) is 13.5 Å². The standard InChI is InChI=1S/C17H16N2O3/c1-12-7-8-19-16(9-12)18-13(10-17(19)20)11-22-15-6-4-3-5-14(15)21-2/h3-10H,11H2,1-2H3. The Morgan fingerprint density at radius 1 is 1.14 bits per heavy atom. The van der Waals surface area contributed by atoms with Gasteiger partial charge in [0.15, 0.2) is 11.5 Å². The number of methoxy groups -OCH3 is 1. The number of aryl methyl sites for hydroxylation is 1. The molecular formula is C17H16N2O3. The van der Waals surface area contributed by atoms with E-state index in [0.717, 1.165) is 5.56 Å². The van der Waals surface area contributed by atoms with E-state index in [9.17, 15) is 4.79 Å². The Kier molecular flexibility index (Phi) is 3.78. The molecule has 0 saturated carbocycles. The molecule has 0 amide bonds. The lowest BCUT2D eigenvalue weighted by molar-refractivity contribution is 0.280. The van der Waals surface area contributed by atoms with Gasteiger partial charge >= 0.3 is 0 Å². The maximum absolute atomic E-state index is 12.1. The van der Waals surface area contributed by atoms with Crippen molar-refractivity contribution in [3.05, 3.63) is 70.3 Å². The van der Waals surface area contributed by atoms with Crippen molar-refractivity contribution in [2.75, 3.05) is 7.11 Å². The molecule has 5 heteroatoms. The van der Waals surface area contributed by atoms with Crippen LogP contribution in [-0.2, 0) is 6.61 Å². The van der Waals surface area contributed by atoms with Crippen molar-refractivity contribution in [3.63, 3.8) is 0 Å². The number of pyridine rings is 1. The second kappa shape index (κ2) is 5.89. The molecule has 0 aliphatic rings. The summed E-state index contributed by atoms with van der Waals surface area (Å²) in [6.45, 7) is 2.17. The Labute approximate surface area is 127 Å². The topological polar surface area (TPSA) is 52.8 Å². The van der Waals surface area contributed by atoms with E-state index in [-0.39, 0.29) is 12.2 Å². The number of hydrogen-bond donors (Lipinski definition) is 0. The number of hydrogen-bond acceptors (Lipinski definition) is 4. The highest BCUT2D eigenvalue weighted by molar-refractivity contribution is 5.42. The number of benzene rings is 1. The van der Waals surface area contributed by atoms with Gasteiger partial charge in [-0.15, -0.1) is 0 Å². The monoisotopic (exact) mass is 296 g/mol. The normalized spacial score (nSPS) is 10.6. The van der Waals surface area contributed by atoms with Crippen LogP contribution in [0.25, 0.3) is 5.65 Å². The highest BCUT2D eigenvalue weighted by Crippen LogP contribution is 2.26. The molecule has 112 valence electrons. The largest absolute Gasteiger partial charge is 0.493 e. The molecule has 2 heterocycles. The minimum absolute atomic E-state index is 0.122. The highest BCUT2D eigenvalue weighted by Gasteiger charge is 2.06. The molecule has 0 N–H and O–H groups in total. The summed E-state index contributed by atoms with van der Waals surface area (Å²) < 4.78 is 12.5. The Morgan fingerprint density at radius 3 is 2.68 bits per heavy atom. The first kappa shape index (κ1) is 14.1. The molecule has 0 aliphatic carbocycles. The van der Waals surface area contributed by atoms with E-state index in [1.807, 2.05) is 43.3 Å². The molecule has 0 bridgehead atoms. The molecular weight excluding hydrogens is 280 g/mol. The number of rotatable bonds is 4. The number of para-hydroxylation sites is 2. The molecule has 22 heavy (non-hydrogen) atoms. The van der Waals surface area contributed by atoms with Crippen molar-refractivity contribution in [1.82, 2.24) is 9.38 Å². The molecule has 0 aliphatic heterocycles. The maximum atomic E-state index is 12.1. The predicted molar refractivity (Wildman–Crippen MR) is 83.5 cm³/mol. The third-order valence-electron chi connectivity index (χ3n) is 3.32. The summed E-state index contributed by atoms with van der Waals surface area (Å²) in [7, 11) is 1.59. The van der Waals surface area contributed by atoms with Gasteiger partial charge < -0.3 is 9.47 Å². The van der Waals surface area contributed by atoms with Gasteiger partial charge in [0.2, 0.25) is 0 Å². The molecule has 0 unspecified atom stereocenters. The average molecular weight is 296 g/mol. The van der Waals surface area contributed by atoms with Crippen LogP contribution in [0.3, 0.4) is 0 Å². The first-order valence-electron chi connectivity index (χ1n) is 6.92. The van der Waals surface area contributed by atoms with Crippen molar-refractivity contribution < 1.29 is 9.47 Å². The SMILES string of the molecule is COc1ccccc1OCc1cc(=O)n2ccc(C)cc2n1. The number of fused-ring (bicyclic) bond motifs is 1. The van der Waals surface area contributed by atoms with E-state index in [4.69, 9.17) is 9.47 Å². The van der Waals surface area contributed by atoms with Crippen LogP contribution in [0.1, 0.15) is 11.3 Å². The quantitative estimate of drug-likeness (QED) is 0.742. The predicted octanol–water partition coefficient (Wildman–Crippen LogP) is 2.59. The van der Waals surface area contributed by atoms with Crippen molar-refractivity contribution in [2.24, 2.45) is 0 Å². The molecule has 0 saturated heterocycles. The van der Waals surface area contributed by atoms with Gasteiger partial charge in [-0.2, -0.15) is 0 Å². The average Bonchev–Trinajstić information content (AvgIpc) is 2.52. The van der Waals surface area contributed by atoms with Gasteiger partial charge in [-0.1, -0.05) is 12.1 Å². The van der Waals surface area contributed by atoms with Gasteiger partial charge in [-0.3, -0.25) is 9.20 Å². The van der Waals surface area contributed by atoms with Gasteiger partial charge in [0, 0.05) is 12.3 Å². The van der Waals surface area contributed by atoms with Crippen LogP contribution in [-0.4, -0.2) is 16.5 Å². The molecule has 3 aromatic rings. The molecule has 0 radical (unpaired) electrons. The lowest BCUT2D eigenvalue weighted by Crippen LogP contribution is -2.16. The Balaban J connectivity index is 1.89. The summed E-state index contributed by atoms with van der Waals surface area (Å²) in [5, 5.41) is 0. The Hall–Kier alpha value is -2.82. The first-order valence-corrected chi connectivity index (χ1v) is 6.92. The fraction of sp³-hybridized carbons (Fsp3) is 0.176. The summed E-state index contributed by atoms with van der Waals surface area (Å²) in [6.07, 6.45) is 1.73. The summed E-state index contributed by atoms with van der Waals surface area (Å²) in [4.78, 5) is 16.6. The zero-order chi connectivity index (χ0) is 15.5. The van der Waals surface area contributed by atoms with E-state index in [2.05, 4.69) is 4.98 Å². The van der Waals surface area contributed by atoms with E-state index in [1.54, 1.807) is 13.3 Å². The second-order valence-electron chi connectivity index (χ2n) is 4.96. The smallest absolute Gasteiger partial charge is 0.258 e. The van der Waals surface area contributed by atoms with Gasteiger partial charge in [-0.25, -0.2) is 4.98 Å². The molecule has 3 rings (SSSR count). The van der Waals surface area contributed by atoms with Crippen molar-refractivity contribution in [1.29, 1.82) is 0 Å². The van der Waals surface area contributed by atoms with Crippen LogP contribution in [0.4, 0.5) is 0 Å². The minimum atomic E-state index is -0.122. The summed E-state index contributed by atoms with van der Waals surface area (Å²) in [5.74, 6) is 1.27. The zero-order valence-electron chi connectivity index (χ0n) is 12.4. The lowest BCUT2D eigenvalue weighted by Gasteiger charge is -2.10. The fourth-order valence-electron chi connectivity index (χ4n) is 2.22. The van der Waals surface area contributed by atoms with Crippen LogP contribution in [0.5, 0.6) is 11.5 Å². The Bertz CT molecular complexity index is 871. The molecule has 2 aromatic heterocycles.